The van der Waals surface area contributed by atoms with Gasteiger partial charge in [0, 0.05) is 18.8 Å². The smallest absolute Gasteiger partial charge is 0.246 e. The van der Waals surface area contributed by atoms with Crippen LogP contribution in [0.15, 0.2) is 17.0 Å². The zero-order valence-corrected chi connectivity index (χ0v) is 12.7. The molecule has 0 fully saturated rings. The normalized spacial score (nSPS) is 13.3. The first-order valence-electron chi connectivity index (χ1n) is 5.31. The van der Waals surface area contributed by atoms with Gasteiger partial charge < -0.3 is 5.73 Å². The maximum atomic E-state index is 12.4. The summed E-state index contributed by atoms with van der Waals surface area (Å²) in [4.78, 5) is -0.197. The van der Waals surface area contributed by atoms with E-state index in [2.05, 4.69) is 0 Å². The molecule has 0 radical (unpaired) electrons. The van der Waals surface area contributed by atoms with Gasteiger partial charge in [0.2, 0.25) is 10.0 Å². The Kier molecular flexibility index (Phi) is 5.04. The number of hydrogen-bond donors (Lipinski definition) is 1. The number of nitriles is 1. The highest BCUT2D eigenvalue weighted by atomic mass is 35.5. The molecule has 0 saturated carbocycles. The molecule has 0 bridgehead atoms. The molecule has 0 aliphatic rings. The molecular weight excluding hydrogens is 309 g/mol. The number of nitrogens with zero attached hydrogens (tertiary/aromatic N) is 2. The molecule has 19 heavy (non-hydrogen) atoms. The number of nitrogens with two attached hydrogens (primary N) is 1. The first-order chi connectivity index (χ1) is 8.71. The lowest BCUT2D eigenvalue weighted by molar-refractivity contribution is 0.393. The van der Waals surface area contributed by atoms with E-state index < -0.39 is 16.1 Å². The molecule has 0 aliphatic carbocycles. The second kappa shape index (κ2) is 5.97. The van der Waals surface area contributed by atoms with E-state index in [-0.39, 0.29) is 27.0 Å². The van der Waals surface area contributed by atoms with Crippen LogP contribution < -0.4 is 5.73 Å². The summed E-state index contributed by atoms with van der Waals surface area (Å²) < 4.78 is 25.9. The molecule has 1 atom stereocenters. The minimum Gasteiger partial charge on any atom is -0.399 e. The van der Waals surface area contributed by atoms with Crippen LogP contribution in [0, 0.1) is 11.3 Å². The fourth-order valence-electron chi connectivity index (χ4n) is 1.47. The van der Waals surface area contributed by atoms with Crippen LogP contribution in [-0.2, 0) is 10.0 Å². The van der Waals surface area contributed by atoms with Gasteiger partial charge in [-0.1, -0.05) is 23.2 Å². The summed E-state index contributed by atoms with van der Waals surface area (Å²) >= 11 is 11.8. The Bertz CT molecular complexity index is 602. The first-order valence-corrected chi connectivity index (χ1v) is 7.51. The monoisotopic (exact) mass is 321 g/mol. The Morgan fingerprint density at radius 2 is 1.89 bits per heavy atom. The third-order valence-corrected chi connectivity index (χ3v) is 5.56. The van der Waals surface area contributed by atoms with Crippen LogP contribution >= 0.6 is 23.2 Å². The second-order valence-corrected chi connectivity index (χ2v) is 6.79. The van der Waals surface area contributed by atoms with Crippen molar-refractivity contribution in [1.82, 2.24) is 4.31 Å². The number of sulfonamides is 1. The molecule has 2 N–H and O–H groups in total. The van der Waals surface area contributed by atoms with E-state index in [0.29, 0.717) is 0 Å². The van der Waals surface area contributed by atoms with Gasteiger partial charge in [-0.2, -0.15) is 9.57 Å². The molecule has 104 valence electrons. The van der Waals surface area contributed by atoms with Gasteiger partial charge >= 0.3 is 0 Å². The summed E-state index contributed by atoms with van der Waals surface area (Å²) in [6.45, 7) is 1.62. The molecule has 8 heteroatoms. The number of rotatable bonds is 4. The van der Waals surface area contributed by atoms with Crippen molar-refractivity contribution in [3.05, 3.63) is 22.2 Å². The van der Waals surface area contributed by atoms with E-state index in [1.165, 1.54) is 19.2 Å². The van der Waals surface area contributed by atoms with Gasteiger partial charge in [-0.05, 0) is 19.1 Å². The zero-order chi connectivity index (χ0) is 14.8. The van der Waals surface area contributed by atoms with Crippen LogP contribution in [-0.4, -0.2) is 25.8 Å². The number of halogens is 2. The average Bonchev–Trinajstić information content (AvgIpc) is 2.26. The van der Waals surface area contributed by atoms with Gasteiger partial charge in [-0.25, -0.2) is 8.42 Å². The van der Waals surface area contributed by atoms with Crippen LogP contribution in [0.5, 0.6) is 0 Å². The Morgan fingerprint density at radius 1 is 1.42 bits per heavy atom. The minimum atomic E-state index is -3.88. The average molecular weight is 322 g/mol. The molecule has 1 aromatic carbocycles. The predicted molar refractivity (Wildman–Crippen MR) is 75.5 cm³/mol. The SMILES string of the molecule is CC(CC#N)N(C)S(=O)(=O)c1c(Cl)cc(N)cc1Cl. The van der Waals surface area contributed by atoms with Crippen LogP contribution in [0.4, 0.5) is 5.69 Å². The quantitative estimate of drug-likeness (QED) is 0.863. The van der Waals surface area contributed by atoms with Gasteiger partial charge in [0.25, 0.3) is 0 Å². The molecule has 0 aliphatic heterocycles. The Hall–Kier alpha value is -1.00. The molecular formula is C11H13Cl2N3O2S. The third kappa shape index (κ3) is 3.31. The lowest BCUT2D eigenvalue weighted by Crippen LogP contribution is -2.35. The Balaban J connectivity index is 3.33. The van der Waals surface area contributed by atoms with Crippen LogP contribution in [0.2, 0.25) is 10.0 Å². The molecule has 0 heterocycles. The van der Waals surface area contributed by atoms with Gasteiger partial charge in [0.1, 0.15) is 4.90 Å². The number of nitrogen functional groups attached to an aromatic ring is 1. The third-order valence-electron chi connectivity index (χ3n) is 2.67. The standard InChI is InChI=1S/C11H13Cl2N3O2S/c1-7(3-4-14)16(2)19(17,18)11-9(12)5-8(15)6-10(11)13/h5-7H,3,15H2,1-2H3. The van der Waals surface area contributed by atoms with E-state index in [1.807, 2.05) is 6.07 Å². The predicted octanol–water partition coefficient (Wildman–Crippen LogP) is 2.50. The van der Waals surface area contributed by atoms with Crippen molar-refractivity contribution in [2.75, 3.05) is 12.8 Å². The summed E-state index contributed by atoms with van der Waals surface area (Å²) in [5.41, 5.74) is 5.81. The highest BCUT2D eigenvalue weighted by Gasteiger charge is 2.29. The first kappa shape index (κ1) is 16.1. The number of benzene rings is 1. The zero-order valence-electron chi connectivity index (χ0n) is 10.4. The lowest BCUT2D eigenvalue weighted by Gasteiger charge is -2.23. The summed E-state index contributed by atoms with van der Waals surface area (Å²) in [5, 5.41) is 8.55. The summed E-state index contributed by atoms with van der Waals surface area (Å²) in [6, 6.07) is 4.08. The minimum absolute atomic E-state index is 0.0407. The molecule has 1 unspecified atom stereocenters. The molecule has 0 saturated heterocycles. The molecule has 0 aromatic heterocycles. The number of hydrogen-bond acceptors (Lipinski definition) is 4. The molecule has 0 amide bonds. The van der Waals surface area contributed by atoms with E-state index in [1.54, 1.807) is 6.92 Å². The van der Waals surface area contributed by atoms with Crippen molar-refractivity contribution in [2.24, 2.45) is 0 Å². The lowest BCUT2D eigenvalue weighted by atomic mass is 10.3. The van der Waals surface area contributed by atoms with E-state index in [9.17, 15) is 8.42 Å². The maximum absolute atomic E-state index is 12.4. The molecule has 0 spiro atoms. The van der Waals surface area contributed by atoms with Crippen molar-refractivity contribution in [3.8, 4) is 6.07 Å². The fourth-order valence-corrected chi connectivity index (χ4v) is 4.00. The van der Waals surface area contributed by atoms with Gasteiger partial charge in [-0.3, -0.25) is 0 Å². The summed E-state index contributed by atoms with van der Waals surface area (Å²) in [6.07, 6.45) is 0.0694. The summed E-state index contributed by atoms with van der Waals surface area (Å²) in [7, 11) is -2.50. The van der Waals surface area contributed by atoms with Crippen molar-refractivity contribution < 1.29 is 8.42 Å². The van der Waals surface area contributed by atoms with E-state index >= 15 is 0 Å². The van der Waals surface area contributed by atoms with Crippen molar-refractivity contribution in [3.63, 3.8) is 0 Å². The fraction of sp³-hybridized carbons (Fsp3) is 0.364. The number of anilines is 1. The van der Waals surface area contributed by atoms with Crippen LogP contribution in [0.25, 0.3) is 0 Å². The highest BCUT2D eigenvalue weighted by Crippen LogP contribution is 2.34. The Labute approximate surface area is 122 Å². The molecule has 5 nitrogen and oxygen atoms in total. The second-order valence-electron chi connectivity index (χ2n) is 4.05. The van der Waals surface area contributed by atoms with Gasteiger partial charge in [0.05, 0.1) is 22.5 Å². The molecule has 1 aromatic rings. The Morgan fingerprint density at radius 3 is 2.32 bits per heavy atom. The van der Waals surface area contributed by atoms with Crippen LogP contribution in [0.3, 0.4) is 0 Å². The maximum Gasteiger partial charge on any atom is 0.246 e. The van der Waals surface area contributed by atoms with E-state index in [0.717, 1.165) is 4.31 Å². The van der Waals surface area contributed by atoms with Crippen molar-refractivity contribution >= 4 is 38.9 Å². The summed E-state index contributed by atoms with van der Waals surface area (Å²) in [5.74, 6) is 0. The largest absolute Gasteiger partial charge is 0.399 e. The topological polar surface area (TPSA) is 87.2 Å². The van der Waals surface area contributed by atoms with E-state index in [4.69, 9.17) is 34.2 Å². The highest BCUT2D eigenvalue weighted by molar-refractivity contribution is 7.89. The van der Waals surface area contributed by atoms with Gasteiger partial charge in [0.15, 0.2) is 0 Å². The molecule has 1 rings (SSSR count). The van der Waals surface area contributed by atoms with Crippen LogP contribution in [0.1, 0.15) is 13.3 Å². The van der Waals surface area contributed by atoms with Crippen molar-refractivity contribution in [2.45, 2.75) is 24.3 Å². The van der Waals surface area contributed by atoms with Gasteiger partial charge in [-0.15, -0.1) is 0 Å². The van der Waals surface area contributed by atoms with Crippen molar-refractivity contribution in [1.29, 1.82) is 5.26 Å².